The number of benzene rings is 1. The van der Waals surface area contributed by atoms with E-state index in [0.29, 0.717) is 0 Å². The molecule has 1 atom stereocenters. The second kappa shape index (κ2) is 5.94. The Morgan fingerprint density at radius 2 is 2.17 bits per heavy atom. The highest BCUT2D eigenvalue weighted by molar-refractivity contribution is 9.10. The van der Waals surface area contributed by atoms with E-state index in [1.165, 1.54) is 0 Å². The standard InChI is InChI=1S/C16H19BrN2O3S/c1-10-9-19(5-6-23(10,21)22)16(20)8-13-11(2)18-15-4-3-12(17)7-14(13)15/h3-4,7,10,18H,5-6,8-9H2,1-2H3. The molecule has 3 rings (SSSR count). The topological polar surface area (TPSA) is 70.2 Å². The van der Waals surface area contributed by atoms with Gasteiger partial charge >= 0.3 is 0 Å². The fraction of sp³-hybridized carbons (Fsp3) is 0.438. The molecule has 0 aliphatic carbocycles. The lowest BCUT2D eigenvalue weighted by Gasteiger charge is -2.31. The van der Waals surface area contributed by atoms with E-state index in [2.05, 4.69) is 20.9 Å². The number of hydrogen-bond donors (Lipinski definition) is 1. The average Bonchev–Trinajstić information content (AvgIpc) is 2.78. The van der Waals surface area contributed by atoms with Gasteiger partial charge in [0.25, 0.3) is 0 Å². The molecule has 1 aliphatic rings. The molecule has 0 spiro atoms. The summed E-state index contributed by atoms with van der Waals surface area (Å²) in [5, 5.41) is 0.543. The Balaban J connectivity index is 1.84. The van der Waals surface area contributed by atoms with E-state index >= 15 is 0 Å². The summed E-state index contributed by atoms with van der Waals surface area (Å²) in [6.45, 7) is 4.20. The smallest absolute Gasteiger partial charge is 0.227 e. The van der Waals surface area contributed by atoms with Crippen LogP contribution in [0.15, 0.2) is 22.7 Å². The van der Waals surface area contributed by atoms with Crippen LogP contribution in [0.2, 0.25) is 0 Å². The summed E-state index contributed by atoms with van der Waals surface area (Å²) in [7, 11) is -3.04. The number of halogens is 1. The molecule has 1 aliphatic heterocycles. The molecule has 0 radical (unpaired) electrons. The van der Waals surface area contributed by atoms with Gasteiger partial charge in [0.15, 0.2) is 9.84 Å². The van der Waals surface area contributed by atoms with E-state index in [1.54, 1.807) is 11.8 Å². The number of aromatic amines is 1. The number of fused-ring (bicyclic) bond motifs is 1. The first-order chi connectivity index (χ1) is 10.8. The second-order valence-electron chi connectivity index (χ2n) is 6.11. The van der Waals surface area contributed by atoms with Crippen LogP contribution in [0.1, 0.15) is 18.2 Å². The van der Waals surface area contributed by atoms with Gasteiger partial charge < -0.3 is 9.88 Å². The van der Waals surface area contributed by atoms with Crippen LogP contribution in [0.25, 0.3) is 10.9 Å². The van der Waals surface area contributed by atoms with Gasteiger partial charge in [0, 0.05) is 34.2 Å². The van der Waals surface area contributed by atoms with Crippen LogP contribution >= 0.6 is 15.9 Å². The van der Waals surface area contributed by atoms with Gasteiger partial charge in [0.05, 0.1) is 17.4 Å². The highest BCUT2D eigenvalue weighted by Gasteiger charge is 2.31. The zero-order chi connectivity index (χ0) is 16.8. The zero-order valence-electron chi connectivity index (χ0n) is 13.1. The predicted molar refractivity (Wildman–Crippen MR) is 94.3 cm³/mol. The number of nitrogens with one attached hydrogen (secondary N) is 1. The van der Waals surface area contributed by atoms with Crippen LogP contribution in [-0.2, 0) is 21.1 Å². The van der Waals surface area contributed by atoms with Crippen LogP contribution in [-0.4, -0.2) is 48.3 Å². The van der Waals surface area contributed by atoms with Crippen LogP contribution < -0.4 is 0 Å². The van der Waals surface area contributed by atoms with Crippen molar-refractivity contribution in [2.75, 3.05) is 18.8 Å². The molecule has 124 valence electrons. The average molecular weight is 399 g/mol. The first-order valence-electron chi connectivity index (χ1n) is 7.54. The second-order valence-corrected chi connectivity index (χ2v) is 9.57. The minimum absolute atomic E-state index is 0.0178. The summed E-state index contributed by atoms with van der Waals surface area (Å²) in [4.78, 5) is 17.6. The quantitative estimate of drug-likeness (QED) is 0.844. The summed E-state index contributed by atoms with van der Waals surface area (Å²) in [6, 6.07) is 5.95. The fourth-order valence-corrected chi connectivity index (χ4v) is 4.67. The molecule has 1 unspecified atom stereocenters. The monoisotopic (exact) mass is 398 g/mol. The minimum Gasteiger partial charge on any atom is -0.358 e. The molecule has 1 N–H and O–H groups in total. The molecule has 0 saturated carbocycles. The number of amides is 1. The van der Waals surface area contributed by atoms with Crippen LogP contribution in [0, 0.1) is 6.92 Å². The first-order valence-corrected chi connectivity index (χ1v) is 10.0. The van der Waals surface area contributed by atoms with Crippen molar-refractivity contribution in [1.82, 2.24) is 9.88 Å². The molecule has 23 heavy (non-hydrogen) atoms. The molecule has 2 aromatic rings. The third-order valence-electron chi connectivity index (χ3n) is 4.50. The van der Waals surface area contributed by atoms with E-state index in [4.69, 9.17) is 0 Å². The predicted octanol–water partition coefficient (Wildman–Crippen LogP) is 2.43. The van der Waals surface area contributed by atoms with E-state index in [-0.39, 0.29) is 31.2 Å². The largest absolute Gasteiger partial charge is 0.358 e. The van der Waals surface area contributed by atoms with Gasteiger partial charge in [0.1, 0.15) is 0 Å². The lowest BCUT2D eigenvalue weighted by Crippen LogP contribution is -2.48. The van der Waals surface area contributed by atoms with Gasteiger partial charge in [-0.25, -0.2) is 8.42 Å². The molecular weight excluding hydrogens is 380 g/mol. The highest BCUT2D eigenvalue weighted by Crippen LogP contribution is 2.26. The molecule has 2 heterocycles. The van der Waals surface area contributed by atoms with Crippen molar-refractivity contribution in [2.45, 2.75) is 25.5 Å². The van der Waals surface area contributed by atoms with Crippen molar-refractivity contribution in [3.63, 3.8) is 0 Å². The SMILES string of the molecule is Cc1[nH]c2ccc(Br)cc2c1CC(=O)N1CCS(=O)(=O)C(C)C1. The lowest BCUT2D eigenvalue weighted by atomic mass is 10.1. The maximum absolute atomic E-state index is 12.6. The summed E-state index contributed by atoms with van der Waals surface area (Å²) < 4.78 is 24.5. The normalized spacial score (nSPS) is 20.8. The lowest BCUT2D eigenvalue weighted by molar-refractivity contribution is -0.130. The Morgan fingerprint density at radius 1 is 1.43 bits per heavy atom. The highest BCUT2D eigenvalue weighted by atomic mass is 79.9. The van der Waals surface area contributed by atoms with Crippen LogP contribution in [0.4, 0.5) is 0 Å². The summed E-state index contributed by atoms with van der Waals surface area (Å²) >= 11 is 3.46. The Hall–Kier alpha value is -1.34. The fourth-order valence-electron chi connectivity index (χ4n) is 3.03. The zero-order valence-corrected chi connectivity index (χ0v) is 15.5. The first kappa shape index (κ1) is 16.5. The van der Waals surface area contributed by atoms with E-state index in [0.717, 1.165) is 26.6 Å². The molecule has 1 amide bonds. The van der Waals surface area contributed by atoms with Gasteiger partial charge in [-0.05, 0) is 37.6 Å². The molecule has 1 aromatic carbocycles. The molecule has 1 aromatic heterocycles. The van der Waals surface area contributed by atoms with Crippen molar-refractivity contribution in [2.24, 2.45) is 0 Å². The third kappa shape index (κ3) is 3.17. The van der Waals surface area contributed by atoms with Gasteiger partial charge in [-0.1, -0.05) is 15.9 Å². The minimum atomic E-state index is -3.04. The molecule has 0 bridgehead atoms. The van der Waals surface area contributed by atoms with Gasteiger partial charge in [-0.2, -0.15) is 0 Å². The van der Waals surface area contributed by atoms with Crippen LogP contribution in [0.5, 0.6) is 0 Å². The molecular formula is C16H19BrN2O3S. The van der Waals surface area contributed by atoms with E-state index in [9.17, 15) is 13.2 Å². The summed E-state index contributed by atoms with van der Waals surface area (Å²) in [5.74, 6) is 0.0360. The number of carbonyl (C=O) groups excluding carboxylic acids is 1. The van der Waals surface area contributed by atoms with Gasteiger partial charge in [-0.3, -0.25) is 4.79 Å². The molecule has 1 saturated heterocycles. The number of nitrogens with zero attached hydrogens (tertiary/aromatic N) is 1. The number of H-pyrrole nitrogens is 1. The number of rotatable bonds is 2. The van der Waals surface area contributed by atoms with Gasteiger partial charge in [-0.15, -0.1) is 0 Å². The number of aryl methyl sites for hydroxylation is 1. The Labute approximate surface area is 144 Å². The Morgan fingerprint density at radius 3 is 2.87 bits per heavy atom. The summed E-state index contributed by atoms with van der Waals surface area (Å²) in [6.07, 6.45) is 0.287. The Kier molecular flexibility index (Phi) is 4.27. The van der Waals surface area contributed by atoms with Crippen molar-refractivity contribution in [3.05, 3.63) is 33.9 Å². The molecule has 7 heteroatoms. The van der Waals surface area contributed by atoms with E-state index < -0.39 is 15.1 Å². The van der Waals surface area contributed by atoms with E-state index in [1.807, 2.05) is 25.1 Å². The van der Waals surface area contributed by atoms with Crippen molar-refractivity contribution in [3.8, 4) is 0 Å². The van der Waals surface area contributed by atoms with Crippen molar-refractivity contribution >= 4 is 42.6 Å². The van der Waals surface area contributed by atoms with Crippen molar-refractivity contribution in [1.29, 1.82) is 0 Å². The Bertz CT molecular complexity index is 873. The number of hydrogen-bond acceptors (Lipinski definition) is 3. The molecule has 1 fully saturated rings. The van der Waals surface area contributed by atoms with Crippen molar-refractivity contribution < 1.29 is 13.2 Å². The van der Waals surface area contributed by atoms with Gasteiger partial charge in [0.2, 0.25) is 5.91 Å². The number of aromatic nitrogens is 1. The maximum Gasteiger partial charge on any atom is 0.227 e. The number of carbonyl (C=O) groups is 1. The maximum atomic E-state index is 12.6. The third-order valence-corrected chi connectivity index (χ3v) is 7.12. The summed E-state index contributed by atoms with van der Waals surface area (Å²) in [5.41, 5.74) is 2.96. The van der Waals surface area contributed by atoms with Crippen LogP contribution in [0.3, 0.4) is 0 Å². The molecule has 5 nitrogen and oxygen atoms in total. The number of sulfone groups is 1.